The van der Waals surface area contributed by atoms with Gasteiger partial charge in [-0.2, -0.15) is 0 Å². The molecule has 1 N–H and O–H groups in total. The zero-order valence-electron chi connectivity index (χ0n) is 10.9. The number of piperidine rings is 2. The fraction of sp³-hybridized carbons (Fsp3) is 0.923. The molecule has 17 heavy (non-hydrogen) atoms. The molecule has 2 rings (SSSR count). The first-order chi connectivity index (χ1) is 8.08. The molecule has 0 bridgehead atoms. The van der Waals surface area contributed by atoms with Crippen LogP contribution >= 0.6 is 0 Å². The minimum Gasteiger partial charge on any atom is -0.393 e. The first-order valence-corrected chi connectivity index (χ1v) is 6.80. The van der Waals surface area contributed by atoms with Crippen molar-refractivity contribution in [2.24, 2.45) is 11.8 Å². The predicted molar refractivity (Wildman–Crippen MR) is 66.7 cm³/mol. The van der Waals surface area contributed by atoms with Crippen LogP contribution < -0.4 is 0 Å². The van der Waals surface area contributed by atoms with Gasteiger partial charge in [0.2, 0.25) is 0 Å². The zero-order valence-corrected chi connectivity index (χ0v) is 10.9. The number of nitrogens with zero attached hydrogens (tertiary/aromatic N) is 2. The maximum atomic E-state index is 12.3. The zero-order chi connectivity index (χ0) is 12.4. The van der Waals surface area contributed by atoms with Crippen LogP contribution in [0.5, 0.6) is 0 Å². The highest BCUT2D eigenvalue weighted by molar-refractivity contribution is 5.74. The molecule has 0 radical (unpaired) electrons. The van der Waals surface area contributed by atoms with Crippen molar-refractivity contribution in [1.29, 1.82) is 0 Å². The molecule has 0 aromatic rings. The lowest BCUT2D eigenvalue weighted by Crippen LogP contribution is -2.52. The summed E-state index contributed by atoms with van der Waals surface area (Å²) in [5.41, 5.74) is 0. The molecule has 0 aromatic heterocycles. The van der Waals surface area contributed by atoms with Crippen LogP contribution in [0.2, 0.25) is 0 Å². The van der Waals surface area contributed by atoms with Crippen molar-refractivity contribution >= 4 is 6.03 Å². The van der Waals surface area contributed by atoms with Gasteiger partial charge in [0.05, 0.1) is 6.10 Å². The second kappa shape index (κ2) is 5.25. The molecule has 2 fully saturated rings. The van der Waals surface area contributed by atoms with Crippen molar-refractivity contribution in [3.8, 4) is 0 Å². The molecule has 2 atom stereocenters. The largest absolute Gasteiger partial charge is 0.393 e. The second-order valence-corrected chi connectivity index (χ2v) is 5.73. The van der Waals surface area contributed by atoms with Crippen LogP contribution in [-0.2, 0) is 0 Å². The first-order valence-electron chi connectivity index (χ1n) is 6.80. The average Bonchev–Trinajstić information content (AvgIpc) is 2.33. The van der Waals surface area contributed by atoms with Crippen LogP contribution in [0.1, 0.15) is 33.1 Å². The molecule has 2 saturated heterocycles. The summed E-state index contributed by atoms with van der Waals surface area (Å²) in [7, 11) is 0. The number of hydrogen-bond acceptors (Lipinski definition) is 2. The Labute approximate surface area is 104 Å². The third-order valence-electron chi connectivity index (χ3n) is 4.18. The van der Waals surface area contributed by atoms with Crippen LogP contribution in [0.15, 0.2) is 0 Å². The van der Waals surface area contributed by atoms with Crippen LogP contribution in [0.3, 0.4) is 0 Å². The molecule has 2 unspecified atom stereocenters. The third-order valence-corrected chi connectivity index (χ3v) is 4.18. The number of likely N-dealkylation sites (tertiary alicyclic amines) is 2. The Balaban J connectivity index is 1.87. The summed E-state index contributed by atoms with van der Waals surface area (Å²) in [6.07, 6.45) is 2.73. The van der Waals surface area contributed by atoms with E-state index in [1.807, 2.05) is 16.7 Å². The molecule has 2 aliphatic heterocycles. The Hall–Kier alpha value is -0.770. The maximum absolute atomic E-state index is 12.3. The summed E-state index contributed by atoms with van der Waals surface area (Å²) < 4.78 is 0. The van der Waals surface area contributed by atoms with Crippen LogP contribution in [0, 0.1) is 11.8 Å². The van der Waals surface area contributed by atoms with Gasteiger partial charge < -0.3 is 14.9 Å². The fourth-order valence-corrected chi connectivity index (χ4v) is 2.71. The van der Waals surface area contributed by atoms with E-state index in [1.54, 1.807) is 0 Å². The van der Waals surface area contributed by atoms with Gasteiger partial charge in [0.15, 0.2) is 0 Å². The maximum Gasteiger partial charge on any atom is 0.320 e. The Morgan fingerprint density at radius 1 is 1.06 bits per heavy atom. The van der Waals surface area contributed by atoms with Gasteiger partial charge in [0.1, 0.15) is 0 Å². The monoisotopic (exact) mass is 240 g/mol. The number of urea groups is 1. The lowest BCUT2D eigenvalue weighted by Gasteiger charge is -2.39. The van der Waals surface area contributed by atoms with Gasteiger partial charge in [0.25, 0.3) is 0 Å². The Morgan fingerprint density at radius 3 is 2.24 bits per heavy atom. The van der Waals surface area contributed by atoms with Crippen LogP contribution in [0.25, 0.3) is 0 Å². The number of amides is 2. The highest BCUT2D eigenvalue weighted by Crippen LogP contribution is 2.21. The van der Waals surface area contributed by atoms with Crippen molar-refractivity contribution in [1.82, 2.24) is 9.80 Å². The molecule has 0 aliphatic carbocycles. The van der Waals surface area contributed by atoms with E-state index in [4.69, 9.17) is 0 Å². The number of carbonyl (C=O) groups is 1. The summed E-state index contributed by atoms with van der Waals surface area (Å²) in [4.78, 5) is 16.2. The third kappa shape index (κ3) is 2.92. The number of hydrogen-bond donors (Lipinski definition) is 1. The second-order valence-electron chi connectivity index (χ2n) is 5.73. The fourth-order valence-electron chi connectivity index (χ4n) is 2.71. The number of aliphatic hydroxyl groups is 1. The molecule has 2 aliphatic rings. The molecule has 0 spiro atoms. The molecule has 98 valence electrons. The van der Waals surface area contributed by atoms with Crippen molar-refractivity contribution in [3.05, 3.63) is 0 Å². The summed E-state index contributed by atoms with van der Waals surface area (Å²) in [6.45, 7) is 7.47. The van der Waals surface area contributed by atoms with Crippen molar-refractivity contribution in [3.63, 3.8) is 0 Å². The van der Waals surface area contributed by atoms with Crippen LogP contribution in [0.4, 0.5) is 4.79 Å². The Bertz CT molecular complexity index is 275. The molecular weight excluding hydrogens is 216 g/mol. The van der Waals surface area contributed by atoms with Gasteiger partial charge in [-0.25, -0.2) is 4.79 Å². The first kappa shape index (κ1) is 12.7. The van der Waals surface area contributed by atoms with Gasteiger partial charge in [0, 0.05) is 26.2 Å². The van der Waals surface area contributed by atoms with E-state index in [9.17, 15) is 9.90 Å². The minimum atomic E-state index is -0.236. The van der Waals surface area contributed by atoms with E-state index in [0.29, 0.717) is 13.1 Å². The molecule has 0 aromatic carbocycles. The van der Waals surface area contributed by atoms with Crippen molar-refractivity contribution in [2.75, 3.05) is 26.2 Å². The molecule has 0 saturated carbocycles. The SMILES string of the molecule is CC1CCN(C(=O)N2CCC(O)C(C)C2)CC1. The normalized spacial score (nSPS) is 31.7. The van der Waals surface area contributed by atoms with E-state index in [0.717, 1.165) is 38.3 Å². The van der Waals surface area contributed by atoms with Gasteiger partial charge in [-0.15, -0.1) is 0 Å². The van der Waals surface area contributed by atoms with Gasteiger partial charge in [-0.3, -0.25) is 0 Å². The molecule has 2 amide bonds. The standard InChI is InChI=1S/C13H24N2O2/c1-10-3-6-14(7-4-10)13(17)15-8-5-12(16)11(2)9-15/h10-12,16H,3-9H2,1-2H3. The number of carbonyl (C=O) groups excluding carboxylic acids is 1. The van der Waals surface area contributed by atoms with Gasteiger partial charge >= 0.3 is 6.03 Å². The Morgan fingerprint density at radius 2 is 1.65 bits per heavy atom. The topological polar surface area (TPSA) is 43.8 Å². The van der Waals surface area contributed by atoms with E-state index < -0.39 is 0 Å². The molecule has 4 nitrogen and oxygen atoms in total. The highest BCUT2D eigenvalue weighted by atomic mass is 16.3. The minimum absolute atomic E-state index is 0.177. The van der Waals surface area contributed by atoms with E-state index in [2.05, 4.69) is 6.92 Å². The molecule has 4 heteroatoms. The number of rotatable bonds is 0. The summed E-state index contributed by atoms with van der Waals surface area (Å²) >= 11 is 0. The average molecular weight is 240 g/mol. The smallest absolute Gasteiger partial charge is 0.320 e. The van der Waals surface area contributed by atoms with Crippen LogP contribution in [-0.4, -0.2) is 53.2 Å². The summed E-state index contributed by atoms with van der Waals surface area (Å²) in [5.74, 6) is 0.956. The van der Waals surface area contributed by atoms with Gasteiger partial charge in [-0.05, 0) is 31.1 Å². The molecule has 2 heterocycles. The van der Waals surface area contributed by atoms with Crippen molar-refractivity contribution < 1.29 is 9.90 Å². The number of aliphatic hydroxyl groups excluding tert-OH is 1. The lowest BCUT2D eigenvalue weighted by molar-refractivity contribution is 0.0379. The lowest BCUT2D eigenvalue weighted by atomic mass is 9.96. The summed E-state index contributed by atoms with van der Waals surface area (Å²) in [6, 6.07) is 0.177. The van der Waals surface area contributed by atoms with E-state index >= 15 is 0 Å². The predicted octanol–water partition coefficient (Wildman–Crippen LogP) is 1.54. The van der Waals surface area contributed by atoms with E-state index in [1.165, 1.54) is 0 Å². The quantitative estimate of drug-likeness (QED) is 0.698. The Kier molecular flexibility index (Phi) is 3.92. The molecular formula is C13H24N2O2. The van der Waals surface area contributed by atoms with E-state index in [-0.39, 0.29) is 18.1 Å². The van der Waals surface area contributed by atoms with Crippen molar-refractivity contribution in [2.45, 2.75) is 39.2 Å². The highest BCUT2D eigenvalue weighted by Gasteiger charge is 2.30. The summed E-state index contributed by atoms with van der Waals surface area (Å²) in [5, 5.41) is 9.67. The van der Waals surface area contributed by atoms with Gasteiger partial charge in [-0.1, -0.05) is 13.8 Å².